The second kappa shape index (κ2) is 4.94. The largest absolute Gasteiger partial charge is 0.464 e. The maximum absolute atomic E-state index is 10.8. The minimum atomic E-state index is -0.114. The highest BCUT2D eigenvalue weighted by Crippen LogP contribution is 2.17. The number of carbonyl (C=O) groups is 1. The molecule has 0 fully saturated rings. The second-order valence-corrected chi connectivity index (χ2v) is 3.80. The molecule has 1 atom stereocenters. The van der Waals surface area contributed by atoms with Gasteiger partial charge in [0.25, 0.3) is 0 Å². The highest BCUT2D eigenvalue weighted by molar-refractivity contribution is 5.77. The zero-order chi connectivity index (χ0) is 11.4. The van der Waals surface area contributed by atoms with E-state index < -0.39 is 0 Å². The Bertz CT molecular complexity index is 475. The summed E-state index contributed by atoms with van der Waals surface area (Å²) >= 11 is 0. The molecular weight excluding hydrogens is 202 g/mol. The third kappa shape index (κ3) is 2.31. The number of rotatable bonds is 5. The summed E-state index contributed by atoms with van der Waals surface area (Å²) in [7, 11) is 0. The number of furan rings is 1. The molecule has 0 aliphatic heterocycles. The first-order valence-corrected chi connectivity index (χ1v) is 5.48. The summed E-state index contributed by atoms with van der Waals surface area (Å²) in [6, 6.07) is 7.86. The lowest BCUT2D eigenvalue weighted by Gasteiger charge is -2.10. The number of hydrogen-bond acceptors (Lipinski definition) is 3. The second-order valence-electron chi connectivity index (χ2n) is 3.80. The first-order valence-electron chi connectivity index (χ1n) is 5.48. The van der Waals surface area contributed by atoms with Crippen molar-refractivity contribution >= 4 is 17.3 Å². The van der Waals surface area contributed by atoms with Crippen molar-refractivity contribution in [2.45, 2.75) is 19.4 Å². The van der Waals surface area contributed by atoms with E-state index in [1.807, 2.05) is 31.2 Å². The zero-order valence-corrected chi connectivity index (χ0v) is 9.27. The van der Waals surface area contributed by atoms with E-state index in [1.54, 1.807) is 6.26 Å². The molecule has 1 heterocycles. The Morgan fingerprint density at radius 3 is 3.06 bits per heavy atom. The minimum Gasteiger partial charge on any atom is -0.464 e. The van der Waals surface area contributed by atoms with Gasteiger partial charge in [-0.2, -0.15) is 0 Å². The van der Waals surface area contributed by atoms with Crippen LogP contribution in [0.25, 0.3) is 11.0 Å². The molecule has 84 valence electrons. The third-order valence-corrected chi connectivity index (χ3v) is 2.61. The number of carbonyl (C=O) groups excluding carboxylic acids is 1. The summed E-state index contributed by atoms with van der Waals surface area (Å²) < 4.78 is 5.32. The molecule has 0 saturated carbocycles. The summed E-state index contributed by atoms with van der Waals surface area (Å²) in [6.45, 7) is 2.79. The topological polar surface area (TPSA) is 42.2 Å². The number of likely N-dealkylation sites (N-methyl/N-ethyl adjacent to an activating group) is 1. The summed E-state index contributed by atoms with van der Waals surface area (Å²) in [5, 5.41) is 4.22. The normalized spacial score (nSPS) is 12.8. The van der Waals surface area contributed by atoms with E-state index >= 15 is 0 Å². The molecule has 0 aliphatic carbocycles. The number of benzene rings is 1. The van der Waals surface area contributed by atoms with Crippen LogP contribution in [0.3, 0.4) is 0 Å². The van der Waals surface area contributed by atoms with Crippen LogP contribution in [-0.4, -0.2) is 18.9 Å². The maximum atomic E-state index is 10.8. The van der Waals surface area contributed by atoms with Gasteiger partial charge < -0.3 is 14.5 Å². The molecule has 1 aromatic carbocycles. The van der Waals surface area contributed by atoms with Crippen LogP contribution in [0.2, 0.25) is 0 Å². The highest BCUT2D eigenvalue weighted by atomic mass is 16.3. The van der Waals surface area contributed by atoms with Gasteiger partial charge in [-0.15, -0.1) is 0 Å². The van der Waals surface area contributed by atoms with E-state index in [-0.39, 0.29) is 6.04 Å². The van der Waals surface area contributed by atoms with Gasteiger partial charge in [0, 0.05) is 5.39 Å². The molecule has 0 bridgehead atoms. The number of fused-ring (bicyclic) bond motifs is 1. The lowest BCUT2D eigenvalue weighted by Crippen LogP contribution is -2.32. The zero-order valence-electron chi connectivity index (χ0n) is 9.27. The highest BCUT2D eigenvalue weighted by Gasteiger charge is 2.07. The smallest absolute Gasteiger partial charge is 0.137 e. The molecule has 0 amide bonds. The van der Waals surface area contributed by atoms with Gasteiger partial charge in [-0.1, -0.05) is 19.1 Å². The summed E-state index contributed by atoms with van der Waals surface area (Å²) in [6.07, 6.45) is 3.33. The van der Waals surface area contributed by atoms with Crippen LogP contribution in [0.15, 0.2) is 34.9 Å². The van der Waals surface area contributed by atoms with Crippen LogP contribution >= 0.6 is 0 Å². The van der Waals surface area contributed by atoms with E-state index in [0.717, 1.165) is 29.4 Å². The van der Waals surface area contributed by atoms with E-state index in [9.17, 15) is 4.79 Å². The Morgan fingerprint density at radius 2 is 2.31 bits per heavy atom. The Kier molecular flexibility index (Phi) is 3.37. The Hall–Kier alpha value is -1.61. The molecule has 2 aromatic rings. The van der Waals surface area contributed by atoms with Gasteiger partial charge in [0.15, 0.2) is 0 Å². The lowest BCUT2D eigenvalue weighted by molar-refractivity contribution is -0.109. The van der Waals surface area contributed by atoms with E-state index in [4.69, 9.17) is 4.42 Å². The first-order chi connectivity index (χ1) is 7.83. The molecule has 2 rings (SSSR count). The molecule has 0 aliphatic rings. The van der Waals surface area contributed by atoms with Crippen LogP contribution in [0, 0.1) is 0 Å². The first kappa shape index (κ1) is 10.9. The number of nitrogens with one attached hydrogen (secondary N) is 1. The lowest BCUT2D eigenvalue weighted by atomic mass is 10.1. The number of aldehydes is 1. The van der Waals surface area contributed by atoms with Crippen molar-refractivity contribution in [2.75, 3.05) is 6.54 Å². The van der Waals surface area contributed by atoms with Gasteiger partial charge in [-0.05, 0) is 30.7 Å². The molecule has 3 nitrogen and oxygen atoms in total. The molecule has 1 aromatic heterocycles. The molecule has 0 saturated heterocycles. The van der Waals surface area contributed by atoms with Crippen molar-refractivity contribution in [3.05, 3.63) is 36.1 Å². The van der Waals surface area contributed by atoms with Gasteiger partial charge in [0.2, 0.25) is 0 Å². The van der Waals surface area contributed by atoms with Crippen LogP contribution in [0.1, 0.15) is 12.5 Å². The summed E-state index contributed by atoms with van der Waals surface area (Å²) in [5.74, 6) is 0. The standard InChI is InChI=1S/C13H15NO2/c1-2-14-12(9-15)7-10-3-4-11-5-6-16-13(11)8-10/h3-6,8-9,12,14H,2,7H2,1H3/t12-/m0/s1. The molecule has 1 N–H and O–H groups in total. The van der Waals surface area contributed by atoms with Crippen LogP contribution in [0.4, 0.5) is 0 Å². The minimum absolute atomic E-state index is 0.114. The summed E-state index contributed by atoms with van der Waals surface area (Å²) in [4.78, 5) is 10.8. The Morgan fingerprint density at radius 1 is 1.44 bits per heavy atom. The average Bonchev–Trinajstić information content (AvgIpc) is 2.75. The van der Waals surface area contributed by atoms with Gasteiger partial charge in [-0.3, -0.25) is 0 Å². The quantitative estimate of drug-likeness (QED) is 0.780. The van der Waals surface area contributed by atoms with E-state index in [1.165, 1.54) is 0 Å². The fourth-order valence-corrected chi connectivity index (χ4v) is 1.81. The van der Waals surface area contributed by atoms with Crippen LogP contribution in [-0.2, 0) is 11.2 Å². The van der Waals surface area contributed by atoms with E-state index in [2.05, 4.69) is 5.32 Å². The van der Waals surface area contributed by atoms with Crippen molar-refractivity contribution < 1.29 is 9.21 Å². The monoisotopic (exact) mass is 217 g/mol. The Balaban J connectivity index is 2.16. The van der Waals surface area contributed by atoms with Crippen molar-refractivity contribution in [1.29, 1.82) is 0 Å². The van der Waals surface area contributed by atoms with Crippen LogP contribution < -0.4 is 5.32 Å². The average molecular weight is 217 g/mol. The van der Waals surface area contributed by atoms with Gasteiger partial charge in [-0.25, -0.2) is 0 Å². The SMILES string of the molecule is CCN[C@H](C=O)Cc1ccc2ccoc2c1. The van der Waals surface area contributed by atoms with E-state index in [0.29, 0.717) is 6.42 Å². The molecule has 0 spiro atoms. The Labute approximate surface area is 94.4 Å². The van der Waals surface area contributed by atoms with Gasteiger partial charge >= 0.3 is 0 Å². The van der Waals surface area contributed by atoms with Gasteiger partial charge in [0.05, 0.1) is 12.3 Å². The van der Waals surface area contributed by atoms with Crippen LogP contribution in [0.5, 0.6) is 0 Å². The third-order valence-electron chi connectivity index (χ3n) is 2.61. The van der Waals surface area contributed by atoms with Crippen molar-refractivity contribution in [3.63, 3.8) is 0 Å². The van der Waals surface area contributed by atoms with Crippen molar-refractivity contribution in [2.24, 2.45) is 0 Å². The maximum Gasteiger partial charge on any atom is 0.137 e. The predicted molar refractivity (Wildman–Crippen MR) is 63.4 cm³/mol. The summed E-state index contributed by atoms with van der Waals surface area (Å²) in [5.41, 5.74) is 1.99. The molecule has 0 radical (unpaired) electrons. The fraction of sp³-hybridized carbons (Fsp3) is 0.308. The molecular formula is C13H15NO2. The number of hydrogen-bond donors (Lipinski definition) is 1. The van der Waals surface area contributed by atoms with Gasteiger partial charge in [0.1, 0.15) is 11.9 Å². The van der Waals surface area contributed by atoms with Crippen molar-refractivity contribution in [3.8, 4) is 0 Å². The molecule has 3 heteroatoms. The molecule has 16 heavy (non-hydrogen) atoms. The fourth-order valence-electron chi connectivity index (χ4n) is 1.81. The van der Waals surface area contributed by atoms with Crippen molar-refractivity contribution in [1.82, 2.24) is 5.32 Å². The predicted octanol–water partition coefficient (Wildman–Crippen LogP) is 2.15. The molecule has 0 unspecified atom stereocenters.